The van der Waals surface area contributed by atoms with E-state index < -0.39 is 0 Å². The topological polar surface area (TPSA) is 12.0 Å². The first-order chi connectivity index (χ1) is 9.83. The van der Waals surface area contributed by atoms with E-state index in [2.05, 4.69) is 66.8 Å². The van der Waals surface area contributed by atoms with Crippen LogP contribution in [0.3, 0.4) is 0 Å². The maximum absolute atomic E-state index is 3.69. The van der Waals surface area contributed by atoms with Crippen molar-refractivity contribution in [1.29, 1.82) is 0 Å². The van der Waals surface area contributed by atoms with Crippen LogP contribution < -0.4 is 5.32 Å². The van der Waals surface area contributed by atoms with E-state index in [0.29, 0.717) is 6.04 Å². The maximum Gasteiger partial charge on any atom is 0.00788 e. The van der Waals surface area contributed by atoms with E-state index in [1.807, 2.05) is 0 Å². The van der Waals surface area contributed by atoms with Gasteiger partial charge in [-0.15, -0.1) is 0 Å². The van der Waals surface area contributed by atoms with Crippen LogP contribution in [-0.2, 0) is 6.42 Å². The van der Waals surface area contributed by atoms with Crippen molar-refractivity contribution in [3.63, 3.8) is 0 Å². The van der Waals surface area contributed by atoms with E-state index in [1.165, 1.54) is 24.0 Å². The van der Waals surface area contributed by atoms with E-state index in [9.17, 15) is 0 Å². The third kappa shape index (κ3) is 3.10. The fourth-order valence-corrected chi connectivity index (χ4v) is 3.15. The Morgan fingerprint density at radius 2 is 1.65 bits per heavy atom. The Morgan fingerprint density at radius 3 is 2.40 bits per heavy atom. The summed E-state index contributed by atoms with van der Waals surface area (Å²) in [6, 6.07) is 20.3. The van der Waals surface area contributed by atoms with E-state index in [-0.39, 0.29) is 0 Å². The molecule has 0 atom stereocenters. The Morgan fingerprint density at radius 1 is 0.950 bits per heavy atom. The van der Waals surface area contributed by atoms with Gasteiger partial charge in [0, 0.05) is 6.04 Å². The fourth-order valence-electron chi connectivity index (χ4n) is 3.15. The molecule has 1 fully saturated rings. The first-order valence-electron chi connectivity index (χ1n) is 7.66. The second-order valence-corrected chi connectivity index (χ2v) is 5.91. The molecule has 1 saturated carbocycles. The number of aryl methyl sites for hydroxylation is 1. The summed E-state index contributed by atoms with van der Waals surface area (Å²) in [6.07, 6.45) is 3.71. The fraction of sp³-hybridized carbons (Fsp3) is 0.368. The minimum absolute atomic E-state index is 0.711. The zero-order valence-electron chi connectivity index (χ0n) is 12.2. The van der Waals surface area contributed by atoms with Gasteiger partial charge >= 0.3 is 0 Å². The van der Waals surface area contributed by atoms with Crippen LogP contribution in [0.25, 0.3) is 0 Å². The SMILES string of the molecule is Cc1ccccc1C1CC(NCCc2ccccc2)C1. The average molecular weight is 265 g/mol. The third-order valence-electron chi connectivity index (χ3n) is 4.46. The molecule has 1 aliphatic carbocycles. The van der Waals surface area contributed by atoms with Gasteiger partial charge < -0.3 is 5.32 Å². The summed E-state index contributed by atoms with van der Waals surface area (Å²) in [4.78, 5) is 0. The highest BCUT2D eigenvalue weighted by atomic mass is 14.9. The van der Waals surface area contributed by atoms with Crippen LogP contribution in [0.1, 0.15) is 35.4 Å². The second-order valence-electron chi connectivity index (χ2n) is 5.91. The van der Waals surface area contributed by atoms with Crippen LogP contribution >= 0.6 is 0 Å². The van der Waals surface area contributed by atoms with Crippen molar-refractivity contribution in [2.75, 3.05) is 6.54 Å². The average Bonchev–Trinajstić information content (AvgIpc) is 2.44. The van der Waals surface area contributed by atoms with E-state index in [4.69, 9.17) is 0 Å². The molecule has 0 bridgehead atoms. The third-order valence-corrected chi connectivity index (χ3v) is 4.46. The van der Waals surface area contributed by atoms with Crippen molar-refractivity contribution in [3.05, 3.63) is 71.3 Å². The van der Waals surface area contributed by atoms with Gasteiger partial charge in [0.15, 0.2) is 0 Å². The molecule has 104 valence electrons. The van der Waals surface area contributed by atoms with Gasteiger partial charge in [0.25, 0.3) is 0 Å². The highest BCUT2D eigenvalue weighted by Gasteiger charge is 2.30. The number of hydrogen-bond donors (Lipinski definition) is 1. The van der Waals surface area contributed by atoms with Gasteiger partial charge in [0.05, 0.1) is 0 Å². The summed E-state index contributed by atoms with van der Waals surface area (Å²) in [7, 11) is 0. The lowest BCUT2D eigenvalue weighted by molar-refractivity contribution is 0.292. The molecule has 0 aliphatic heterocycles. The van der Waals surface area contributed by atoms with Crippen LogP contribution in [0.2, 0.25) is 0 Å². The normalized spacial score (nSPS) is 21.4. The number of rotatable bonds is 5. The van der Waals surface area contributed by atoms with Gasteiger partial charge in [-0.1, -0.05) is 54.6 Å². The molecule has 0 amide bonds. The summed E-state index contributed by atoms with van der Waals surface area (Å²) in [5, 5.41) is 3.69. The Kier molecular flexibility index (Phi) is 4.17. The quantitative estimate of drug-likeness (QED) is 0.859. The molecule has 0 aromatic heterocycles. The van der Waals surface area contributed by atoms with Crippen molar-refractivity contribution >= 4 is 0 Å². The minimum Gasteiger partial charge on any atom is -0.314 e. The van der Waals surface area contributed by atoms with Gasteiger partial charge in [-0.05, 0) is 55.3 Å². The molecule has 1 heteroatoms. The molecule has 1 aliphatic rings. The van der Waals surface area contributed by atoms with Gasteiger partial charge in [0.1, 0.15) is 0 Å². The Bertz CT molecular complexity index is 541. The molecule has 0 radical (unpaired) electrons. The summed E-state index contributed by atoms with van der Waals surface area (Å²) in [5.74, 6) is 0.769. The second kappa shape index (κ2) is 6.23. The smallest absolute Gasteiger partial charge is 0.00788 e. The molecule has 2 aromatic rings. The molecule has 2 aromatic carbocycles. The first-order valence-corrected chi connectivity index (χ1v) is 7.66. The predicted octanol–water partition coefficient (Wildman–Crippen LogP) is 4.07. The summed E-state index contributed by atoms with van der Waals surface area (Å²) in [5.41, 5.74) is 4.42. The molecule has 0 saturated heterocycles. The Hall–Kier alpha value is -1.60. The first kappa shape index (κ1) is 13.4. The van der Waals surface area contributed by atoms with Gasteiger partial charge in [-0.2, -0.15) is 0 Å². The molecule has 0 unspecified atom stereocenters. The molecule has 20 heavy (non-hydrogen) atoms. The predicted molar refractivity (Wildman–Crippen MR) is 85.1 cm³/mol. The standard InChI is InChI=1S/C19H23N/c1-15-7-5-6-10-19(15)17-13-18(14-17)20-12-11-16-8-3-2-4-9-16/h2-10,17-18,20H,11-14H2,1H3. The molecular formula is C19H23N. The summed E-state index contributed by atoms with van der Waals surface area (Å²) < 4.78 is 0. The summed E-state index contributed by atoms with van der Waals surface area (Å²) in [6.45, 7) is 3.32. The van der Waals surface area contributed by atoms with E-state index in [1.54, 1.807) is 5.56 Å². The van der Waals surface area contributed by atoms with Gasteiger partial charge in [0.2, 0.25) is 0 Å². The van der Waals surface area contributed by atoms with Crippen molar-refractivity contribution in [3.8, 4) is 0 Å². The van der Waals surface area contributed by atoms with Crippen molar-refractivity contribution in [2.24, 2.45) is 0 Å². The molecule has 0 heterocycles. The van der Waals surface area contributed by atoms with Crippen LogP contribution in [-0.4, -0.2) is 12.6 Å². The lowest BCUT2D eigenvalue weighted by atomic mass is 9.74. The summed E-state index contributed by atoms with van der Waals surface area (Å²) >= 11 is 0. The van der Waals surface area contributed by atoms with Gasteiger partial charge in [-0.3, -0.25) is 0 Å². The number of nitrogens with one attached hydrogen (secondary N) is 1. The van der Waals surface area contributed by atoms with E-state index in [0.717, 1.165) is 18.9 Å². The van der Waals surface area contributed by atoms with Crippen molar-refractivity contribution < 1.29 is 0 Å². The largest absolute Gasteiger partial charge is 0.314 e. The molecule has 0 spiro atoms. The molecule has 1 N–H and O–H groups in total. The van der Waals surface area contributed by atoms with Crippen LogP contribution in [0, 0.1) is 6.92 Å². The highest BCUT2D eigenvalue weighted by molar-refractivity contribution is 5.31. The van der Waals surface area contributed by atoms with Crippen molar-refractivity contribution in [1.82, 2.24) is 5.32 Å². The van der Waals surface area contributed by atoms with Crippen molar-refractivity contribution in [2.45, 2.75) is 38.1 Å². The van der Waals surface area contributed by atoms with Crippen LogP contribution in [0.5, 0.6) is 0 Å². The number of hydrogen-bond acceptors (Lipinski definition) is 1. The van der Waals surface area contributed by atoms with Gasteiger partial charge in [-0.25, -0.2) is 0 Å². The Labute approximate surface area is 122 Å². The number of benzene rings is 2. The molecule has 3 rings (SSSR count). The minimum atomic E-state index is 0.711. The lowest BCUT2D eigenvalue weighted by Crippen LogP contribution is -2.41. The lowest BCUT2D eigenvalue weighted by Gasteiger charge is -2.37. The maximum atomic E-state index is 3.69. The van der Waals surface area contributed by atoms with Crippen LogP contribution in [0.4, 0.5) is 0 Å². The Balaban J connectivity index is 1.42. The molecular weight excluding hydrogens is 242 g/mol. The van der Waals surface area contributed by atoms with Crippen LogP contribution in [0.15, 0.2) is 54.6 Å². The molecule has 1 nitrogen and oxygen atoms in total. The van der Waals surface area contributed by atoms with E-state index >= 15 is 0 Å². The zero-order chi connectivity index (χ0) is 13.8. The zero-order valence-corrected chi connectivity index (χ0v) is 12.2. The highest BCUT2D eigenvalue weighted by Crippen LogP contribution is 2.38. The monoisotopic (exact) mass is 265 g/mol.